The van der Waals surface area contributed by atoms with E-state index < -0.39 is 17.7 Å². The lowest BCUT2D eigenvalue weighted by Gasteiger charge is -2.25. The van der Waals surface area contributed by atoms with Crippen LogP contribution in [0.15, 0.2) is 78.4 Å². The zero-order valence-corrected chi connectivity index (χ0v) is 21.0. The van der Waals surface area contributed by atoms with Gasteiger partial charge < -0.3 is 19.5 Å². The van der Waals surface area contributed by atoms with Crippen LogP contribution in [0.1, 0.15) is 34.7 Å². The summed E-state index contributed by atoms with van der Waals surface area (Å²) < 4.78 is 11.0. The number of rotatable bonds is 9. The van der Waals surface area contributed by atoms with Crippen LogP contribution < -0.4 is 4.74 Å². The van der Waals surface area contributed by atoms with Gasteiger partial charge in [-0.15, -0.1) is 0 Å². The Hall–Kier alpha value is -3.61. The van der Waals surface area contributed by atoms with E-state index in [0.29, 0.717) is 48.1 Å². The maximum absolute atomic E-state index is 13.1. The van der Waals surface area contributed by atoms with E-state index in [4.69, 9.17) is 21.1 Å². The molecule has 0 aromatic heterocycles. The van der Waals surface area contributed by atoms with Gasteiger partial charge >= 0.3 is 0 Å². The van der Waals surface area contributed by atoms with Crippen LogP contribution >= 0.6 is 11.6 Å². The van der Waals surface area contributed by atoms with Crippen molar-refractivity contribution in [3.63, 3.8) is 0 Å². The lowest BCUT2D eigenvalue weighted by Crippen LogP contribution is -2.31. The van der Waals surface area contributed by atoms with Crippen LogP contribution in [-0.4, -0.2) is 42.0 Å². The molecule has 1 fully saturated rings. The normalized spacial score (nSPS) is 17.0. The fourth-order valence-corrected chi connectivity index (χ4v) is 4.44. The molecule has 1 aliphatic rings. The molecule has 186 valence electrons. The molecule has 3 aromatic carbocycles. The molecule has 0 spiro atoms. The number of halogens is 1. The summed E-state index contributed by atoms with van der Waals surface area (Å²) in [7, 11) is 1.58. The van der Waals surface area contributed by atoms with Crippen LogP contribution in [0.5, 0.6) is 5.75 Å². The lowest BCUT2D eigenvalue weighted by atomic mass is 9.95. The molecule has 1 atom stereocenters. The molecular weight excluding hydrogens is 478 g/mol. The highest BCUT2D eigenvalue weighted by Gasteiger charge is 2.45. The molecule has 0 bridgehead atoms. The molecule has 3 aromatic rings. The summed E-state index contributed by atoms with van der Waals surface area (Å²) in [4.78, 5) is 27.5. The third-order valence-electron chi connectivity index (χ3n) is 6.09. The van der Waals surface area contributed by atoms with Gasteiger partial charge in [0, 0.05) is 30.8 Å². The van der Waals surface area contributed by atoms with E-state index in [2.05, 4.69) is 6.07 Å². The van der Waals surface area contributed by atoms with Gasteiger partial charge in [-0.05, 0) is 60.9 Å². The number of nitrogens with zero attached hydrogens (tertiary/aromatic N) is 1. The van der Waals surface area contributed by atoms with E-state index in [0.717, 1.165) is 11.1 Å². The fraction of sp³-hybridized carbons (Fsp3) is 0.241. The fourth-order valence-electron chi connectivity index (χ4n) is 4.31. The van der Waals surface area contributed by atoms with Gasteiger partial charge in [0.05, 0.1) is 11.6 Å². The van der Waals surface area contributed by atoms with Crippen molar-refractivity contribution >= 4 is 29.1 Å². The number of hydrogen-bond donors (Lipinski definition) is 1. The standard InChI is InChI=1S/C29H28ClNO5/c1-19-5-3-6-20(17-19)18-36-24-13-9-22(10-14-24)27(32)25-26(21-7-11-23(30)12-8-21)31(15-4-16-35-2)29(34)28(25)33/h3,5-14,17,26,32H,4,15-16,18H2,1-2H3/b27-25-. The molecule has 1 N–H and O–H groups in total. The quantitative estimate of drug-likeness (QED) is 0.175. The molecule has 6 nitrogen and oxygen atoms in total. The average molecular weight is 506 g/mol. The number of methoxy groups -OCH3 is 1. The molecule has 4 rings (SSSR count). The van der Waals surface area contributed by atoms with Crippen LogP contribution in [0.2, 0.25) is 5.02 Å². The number of hydrogen-bond acceptors (Lipinski definition) is 5. The van der Waals surface area contributed by atoms with Gasteiger partial charge in [0.25, 0.3) is 11.7 Å². The topological polar surface area (TPSA) is 76.1 Å². The SMILES string of the molecule is COCCCN1C(=O)C(=O)/C(=C(\O)c2ccc(OCc3cccc(C)c3)cc2)C1c1ccc(Cl)cc1. The highest BCUT2D eigenvalue weighted by atomic mass is 35.5. The van der Waals surface area contributed by atoms with Crippen LogP contribution in [-0.2, 0) is 20.9 Å². The summed E-state index contributed by atoms with van der Waals surface area (Å²) in [5.74, 6) is -0.967. The Morgan fingerprint density at radius 3 is 2.42 bits per heavy atom. The largest absolute Gasteiger partial charge is 0.507 e. The molecule has 1 aliphatic heterocycles. The van der Waals surface area contributed by atoms with Gasteiger partial charge in [-0.2, -0.15) is 0 Å². The van der Waals surface area contributed by atoms with E-state index in [1.165, 1.54) is 4.90 Å². The number of benzene rings is 3. The van der Waals surface area contributed by atoms with Gasteiger partial charge in [-0.25, -0.2) is 0 Å². The number of carbonyl (C=O) groups is 2. The molecule has 1 heterocycles. The Morgan fingerprint density at radius 1 is 1.03 bits per heavy atom. The van der Waals surface area contributed by atoms with Gasteiger partial charge in [0.1, 0.15) is 18.1 Å². The first kappa shape index (κ1) is 25.5. The Morgan fingerprint density at radius 2 is 1.75 bits per heavy atom. The van der Waals surface area contributed by atoms with E-state index >= 15 is 0 Å². The van der Waals surface area contributed by atoms with Crippen molar-refractivity contribution in [2.24, 2.45) is 0 Å². The smallest absolute Gasteiger partial charge is 0.295 e. The van der Waals surface area contributed by atoms with E-state index in [9.17, 15) is 14.7 Å². The second-order valence-corrected chi connectivity index (χ2v) is 9.13. The van der Waals surface area contributed by atoms with Gasteiger partial charge in [-0.3, -0.25) is 9.59 Å². The number of aliphatic hydroxyl groups is 1. The van der Waals surface area contributed by atoms with Gasteiger partial charge in [0.15, 0.2) is 0 Å². The van der Waals surface area contributed by atoms with Crippen molar-refractivity contribution in [1.29, 1.82) is 0 Å². The van der Waals surface area contributed by atoms with Crippen molar-refractivity contribution in [2.45, 2.75) is 26.0 Å². The number of aryl methyl sites for hydroxylation is 1. The minimum Gasteiger partial charge on any atom is -0.507 e. The number of carbonyl (C=O) groups excluding carboxylic acids is 2. The number of aliphatic hydroxyl groups excluding tert-OH is 1. The summed E-state index contributed by atoms with van der Waals surface area (Å²) in [6.07, 6.45) is 0.556. The maximum atomic E-state index is 13.1. The summed E-state index contributed by atoms with van der Waals surface area (Å²) >= 11 is 6.06. The highest BCUT2D eigenvalue weighted by molar-refractivity contribution is 6.46. The lowest BCUT2D eigenvalue weighted by molar-refractivity contribution is -0.140. The number of likely N-dealkylation sites (tertiary alicyclic amines) is 1. The monoisotopic (exact) mass is 505 g/mol. The van der Waals surface area contributed by atoms with Crippen molar-refractivity contribution in [3.05, 3.63) is 106 Å². The molecule has 1 unspecified atom stereocenters. The van der Waals surface area contributed by atoms with Crippen molar-refractivity contribution in [2.75, 3.05) is 20.3 Å². The molecule has 0 radical (unpaired) electrons. The van der Waals surface area contributed by atoms with Crippen LogP contribution in [0.3, 0.4) is 0 Å². The second kappa shape index (κ2) is 11.4. The first-order chi connectivity index (χ1) is 17.4. The van der Waals surface area contributed by atoms with Crippen LogP contribution in [0.4, 0.5) is 0 Å². The van der Waals surface area contributed by atoms with Crippen molar-refractivity contribution in [3.8, 4) is 5.75 Å². The number of ketones is 1. The third kappa shape index (κ3) is 5.61. The molecule has 7 heteroatoms. The second-order valence-electron chi connectivity index (χ2n) is 8.69. The van der Waals surface area contributed by atoms with Crippen molar-refractivity contribution in [1.82, 2.24) is 4.90 Å². The number of Topliss-reactive ketones (excluding diaryl/α,β-unsaturated/α-hetero) is 1. The Bertz CT molecular complexity index is 1270. The maximum Gasteiger partial charge on any atom is 0.295 e. The average Bonchev–Trinajstić information content (AvgIpc) is 3.13. The van der Waals surface area contributed by atoms with Crippen molar-refractivity contribution < 1.29 is 24.2 Å². The summed E-state index contributed by atoms with van der Waals surface area (Å²) in [5.41, 5.74) is 3.37. The Labute approximate surface area is 215 Å². The minimum atomic E-state index is -0.726. The summed E-state index contributed by atoms with van der Waals surface area (Å²) in [6, 6.07) is 21.1. The molecule has 36 heavy (non-hydrogen) atoms. The zero-order valence-electron chi connectivity index (χ0n) is 20.2. The molecule has 0 saturated carbocycles. The number of ether oxygens (including phenoxy) is 2. The Balaban J connectivity index is 1.62. The molecule has 0 aliphatic carbocycles. The third-order valence-corrected chi connectivity index (χ3v) is 6.34. The Kier molecular flexibility index (Phi) is 8.08. The summed E-state index contributed by atoms with van der Waals surface area (Å²) in [6.45, 7) is 3.20. The minimum absolute atomic E-state index is 0.0492. The number of amides is 1. The molecule has 1 saturated heterocycles. The molecule has 1 amide bonds. The van der Waals surface area contributed by atoms with Crippen LogP contribution in [0, 0.1) is 6.92 Å². The van der Waals surface area contributed by atoms with Gasteiger partial charge in [0.2, 0.25) is 0 Å². The zero-order chi connectivity index (χ0) is 25.7. The van der Waals surface area contributed by atoms with Crippen LogP contribution in [0.25, 0.3) is 5.76 Å². The van der Waals surface area contributed by atoms with Gasteiger partial charge in [-0.1, -0.05) is 53.6 Å². The molecular formula is C29H28ClNO5. The van der Waals surface area contributed by atoms with E-state index in [1.54, 1.807) is 55.6 Å². The first-order valence-corrected chi connectivity index (χ1v) is 12.1. The summed E-state index contributed by atoms with van der Waals surface area (Å²) in [5, 5.41) is 11.7. The van der Waals surface area contributed by atoms with E-state index in [-0.39, 0.29) is 11.3 Å². The predicted octanol–water partition coefficient (Wildman–Crippen LogP) is 5.69. The first-order valence-electron chi connectivity index (χ1n) is 11.7. The highest BCUT2D eigenvalue weighted by Crippen LogP contribution is 2.40. The van der Waals surface area contributed by atoms with E-state index in [1.807, 2.05) is 25.1 Å². The predicted molar refractivity (Wildman–Crippen MR) is 139 cm³/mol.